The van der Waals surface area contributed by atoms with Gasteiger partial charge in [0.1, 0.15) is 6.61 Å². The molecule has 6 heteroatoms. The van der Waals surface area contributed by atoms with E-state index < -0.39 is 29.8 Å². The van der Waals surface area contributed by atoms with Gasteiger partial charge in [0.2, 0.25) is 0 Å². The maximum Gasteiger partial charge on any atom is 0.193 e. The minimum Gasteiger partial charge on any atom is -0.393 e. The Bertz CT molecular complexity index is 786. The van der Waals surface area contributed by atoms with E-state index in [9.17, 15) is 19.8 Å². The number of aliphatic hydroxyl groups is 2. The van der Waals surface area contributed by atoms with E-state index in [0.717, 1.165) is 18.4 Å². The first kappa shape index (κ1) is 20.9. The molecule has 0 spiro atoms. The summed E-state index contributed by atoms with van der Waals surface area (Å²) in [5.41, 5.74) is -1.18. The van der Waals surface area contributed by atoms with Crippen molar-refractivity contribution >= 4 is 11.6 Å². The number of rotatable bonds is 4. The molecule has 8 atom stereocenters. The highest BCUT2D eigenvalue weighted by Crippen LogP contribution is 2.68. The summed E-state index contributed by atoms with van der Waals surface area (Å²) in [6.07, 6.45) is 6.91. The zero-order valence-corrected chi connectivity index (χ0v) is 17.7. The monoisotopic (exact) mass is 404 g/mol. The minimum atomic E-state index is -1.28. The van der Waals surface area contributed by atoms with Crippen molar-refractivity contribution in [2.45, 2.75) is 57.3 Å². The van der Waals surface area contributed by atoms with Gasteiger partial charge in [0.15, 0.2) is 17.2 Å². The van der Waals surface area contributed by atoms with Crippen molar-refractivity contribution in [1.82, 2.24) is 0 Å². The zero-order chi connectivity index (χ0) is 21.2. The van der Waals surface area contributed by atoms with E-state index in [4.69, 9.17) is 9.47 Å². The zero-order valence-electron chi connectivity index (χ0n) is 17.7. The van der Waals surface area contributed by atoms with Gasteiger partial charge < -0.3 is 19.7 Å². The number of allylic oxidation sites excluding steroid dienone is 4. The number of carbonyl (C=O) groups excluding carboxylic acids is 2. The molecule has 2 N–H and O–H groups in total. The fourth-order valence-electron chi connectivity index (χ4n) is 7.65. The standard InChI is InChI=1S/C23H32O6/c1-21-8-7-14(25)9-13(21)5-6-15-16-10-19(28-3)23(29-4,18(27)12-24)22(16,2)11-17(26)20(15)21/h7-9,15-17,19-20,24,26H,5-6,10-12H2,1-4H3/t15?,16?,17?,19?,20?,21-,22-,23?/m0/s1. The molecule has 0 aromatic carbocycles. The van der Waals surface area contributed by atoms with Crippen molar-refractivity contribution in [2.75, 3.05) is 20.8 Å². The number of carbonyl (C=O) groups is 2. The van der Waals surface area contributed by atoms with Crippen LogP contribution in [0.25, 0.3) is 0 Å². The summed E-state index contributed by atoms with van der Waals surface area (Å²) >= 11 is 0. The molecule has 0 bridgehead atoms. The van der Waals surface area contributed by atoms with Crippen molar-refractivity contribution in [2.24, 2.45) is 28.6 Å². The van der Waals surface area contributed by atoms with Crippen molar-refractivity contribution in [3.05, 3.63) is 23.8 Å². The van der Waals surface area contributed by atoms with Crippen molar-refractivity contribution in [1.29, 1.82) is 0 Å². The second-order valence-corrected chi connectivity index (χ2v) is 9.69. The lowest BCUT2D eigenvalue weighted by atomic mass is 9.46. The minimum absolute atomic E-state index is 0.0123. The van der Waals surface area contributed by atoms with Crippen LogP contribution in [0.4, 0.5) is 0 Å². The lowest BCUT2D eigenvalue weighted by Crippen LogP contribution is -2.64. The summed E-state index contributed by atoms with van der Waals surface area (Å²) in [5.74, 6) is -0.114. The molecule has 4 aliphatic rings. The maximum absolute atomic E-state index is 13.0. The second-order valence-electron chi connectivity index (χ2n) is 9.69. The van der Waals surface area contributed by atoms with E-state index in [1.165, 1.54) is 7.11 Å². The number of methoxy groups -OCH3 is 2. The Kier molecular flexibility index (Phi) is 4.93. The first-order valence-electron chi connectivity index (χ1n) is 10.5. The summed E-state index contributed by atoms with van der Waals surface area (Å²) in [6, 6.07) is 0. The molecule has 4 rings (SSSR count). The molecule has 3 saturated carbocycles. The number of ketones is 2. The average molecular weight is 405 g/mol. The summed E-state index contributed by atoms with van der Waals surface area (Å²) < 4.78 is 11.6. The van der Waals surface area contributed by atoms with Crippen LogP contribution in [0.5, 0.6) is 0 Å². The second kappa shape index (κ2) is 6.84. The van der Waals surface area contributed by atoms with Crippen LogP contribution in [0.2, 0.25) is 0 Å². The molecule has 0 aromatic heterocycles. The third-order valence-electron chi connectivity index (χ3n) is 8.82. The van der Waals surface area contributed by atoms with Crippen LogP contribution in [-0.2, 0) is 19.1 Å². The van der Waals surface area contributed by atoms with E-state index in [-0.39, 0.29) is 34.7 Å². The number of aliphatic hydroxyl groups excluding tert-OH is 2. The predicted molar refractivity (Wildman–Crippen MR) is 106 cm³/mol. The smallest absolute Gasteiger partial charge is 0.193 e. The molecule has 6 nitrogen and oxygen atoms in total. The van der Waals surface area contributed by atoms with E-state index >= 15 is 0 Å². The van der Waals surface area contributed by atoms with Crippen LogP contribution in [-0.4, -0.2) is 60.4 Å². The fraction of sp³-hybridized carbons (Fsp3) is 0.739. The van der Waals surface area contributed by atoms with Crippen LogP contribution in [0, 0.1) is 28.6 Å². The van der Waals surface area contributed by atoms with Crippen molar-refractivity contribution in [3.63, 3.8) is 0 Å². The molecule has 6 unspecified atom stereocenters. The third kappa shape index (κ3) is 2.49. The fourth-order valence-corrected chi connectivity index (χ4v) is 7.65. The van der Waals surface area contributed by atoms with Gasteiger partial charge in [-0.2, -0.15) is 0 Å². The molecule has 29 heavy (non-hydrogen) atoms. The Labute approximate surface area is 172 Å². The summed E-state index contributed by atoms with van der Waals surface area (Å²) in [4.78, 5) is 24.9. The normalized spacial score (nSPS) is 48.6. The predicted octanol–water partition coefficient (Wildman–Crippen LogP) is 1.84. The van der Waals surface area contributed by atoms with E-state index in [0.29, 0.717) is 12.8 Å². The first-order chi connectivity index (χ1) is 13.7. The van der Waals surface area contributed by atoms with Gasteiger partial charge in [-0.25, -0.2) is 0 Å². The van der Waals surface area contributed by atoms with E-state index in [1.54, 1.807) is 19.3 Å². The Morgan fingerprint density at radius 2 is 2.03 bits per heavy atom. The van der Waals surface area contributed by atoms with E-state index in [1.807, 2.05) is 13.0 Å². The molecular weight excluding hydrogens is 372 g/mol. The highest BCUT2D eigenvalue weighted by atomic mass is 16.5. The highest BCUT2D eigenvalue weighted by Gasteiger charge is 2.72. The number of hydrogen-bond acceptors (Lipinski definition) is 6. The van der Waals surface area contributed by atoms with Gasteiger partial charge in [-0.1, -0.05) is 25.5 Å². The lowest BCUT2D eigenvalue weighted by Gasteiger charge is -2.60. The molecule has 0 saturated heterocycles. The van der Waals surface area contributed by atoms with Crippen LogP contribution < -0.4 is 0 Å². The quantitative estimate of drug-likeness (QED) is 0.743. The molecule has 160 valence electrons. The lowest BCUT2D eigenvalue weighted by molar-refractivity contribution is -0.202. The molecule has 0 radical (unpaired) electrons. The molecular formula is C23H32O6. The topological polar surface area (TPSA) is 93.1 Å². The Morgan fingerprint density at radius 1 is 1.31 bits per heavy atom. The average Bonchev–Trinajstić information content (AvgIpc) is 2.95. The number of ether oxygens (including phenoxy) is 2. The van der Waals surface area contributed by atoms with E-state index in [2.05, 4.69) is 6.92 Å². The Balaban J connectivity index is 1.81. The highest BCUT2D eigenvalue weighted by molar-refractivity contribution is 6.01. The van der Waals surface area contributed by atoms with Gasteiger partial charge in [-0.05, 0) is 49.7 Å². The Hall–Kier alpha value is -1.34. The first-order valence-corrected chi connectivity index (χ1v) is 10.5. The molecule has 0 aliphatic heterocycles. The van der Waals surface area contributed by atoms with Crippen LogP contribution in [0.15, 0.2) is 23.8 Å². The number of hydrogen-bond donors (Lipinski definition) is 2. The maximum atomic E-state index is 13.0. The molecule has 0 amide bonds. The van der Waals surface area contributed by atoms with Crippen molar-refractivity contribution < 1.29 is 29.3 Å². The van der Waals surface area contributed by atoms with Crippen molar-refractivity contribution in [3.8, 4) is 0 Å². The summed E-state index contributed by atoms with van der Waals surface area (Å²) in [5, 5.41) is 21.1. The van der Waals surface area contributed by atoms with Gasteiger partial charge >= 0.3 is 0 Å². The van der Waals surface area contributed by atoms with Gasteiger partial charge in [0.25, 0.3) is 0 Å². The van der Waals surface area contributed by atoms with Gasteiger partial charge in [-0.15, -0.1) is 0 Å². The van der Waals surface area contributed by atoms with Crippen LogP contribution in [0.3, 0.4) is 0 Å². The molecule has 3 fully saturated rings. The van der Waals surface area contributed by atoms with Gasteiger partial charge in [0, 0.05) is 31.0 Å². The summed E-state index contributed by atoms with van der Waals surface area (Å²) in [6.45, 7) is 3.52. The summed E-state index contributed by atoms with van der Waals surface area (Å²) in [7, 11) is 3.08. The van der Waals surface area contributed by atoms with Crippen LogP contribution in [0.1, 0.15) is 39.5 Å². The molecule has 0 heterocycles. The number of fused-ring (bicyclic) bond motifs is 5. The van der Waals surface area contributed by atoms with Crippen LogP contribution >= 0.6 is 0 Å². The van der Waals surface area contributed by atoms with Gasteiger partial charge in [0.05, 0.1) is 12.2 Å². The number of Topliss-reactive ketones (excluding diaryl/α,β-unsaturated/α-hetero) is 1. The third-order valence-corrected chi connectivity index (χ3v) is 8.82. The molecule has 0 aromatic rings. The molecule has 4 aliphatic carbocycles. The Morgan fingerprint density at radius 3 is 2.66 bits per heavy atom. The SMILES string of the molecule is COC1CC2C3CCC4=CC(=O)C=C[C@]4(C)C3C(O)C[C@]2(C)C1(OC)C(=O)CO. The largest absolute Gasteiger partial charge is 0.393 e. The van der Waals surface area contributed by atoms with Gasteiger partial charge in [-0.3, -0.25) is 9.59 Å².